The van der Waals surface area contributed by atoms with Crippen molar-refractivity contribution in [2.75, 3.05) is 0 Å². The molecule has 2 aromatic rings. The van der Waals surface area contributed by atoms with Crippen molar-refractivity contribution in [2.45, 2.75) is 23.6 Å². The monoisotopic (exact) mass is 278 g/mol. The van der Waals surface area contributed by atoms with E-state index >= 15 is 0 Å². The molecule has 2 rings (SSSR count). The van der Waals surface area contributed by atoms with Gasteiger partial charge < -0.3 is 10.2 Å². The molecule has 4 nitrogen and oxygen atoms in total. The first-order chi connectivity index (χ1) is 8.82. The Bertz CT molecular complexity index is 733. The van der Waals surface area contributed by atoms with Crippen molar-refractivity contribution in [1.29, 1.82) is 0 Å². The lowest BCUT2D eigenvalue weighted by molar-refractivity contribution is 0.443. The van der Waals surface area contributed by atoms with Gasteiger partial charge in [0, 0.05) is 11.6 Å². The molecule has 0 unspecified atom stereocenters. The van der Waals surface area contributed by atoms with Gasteiger partial charge in [0.15, 0.2) is 0 Å². The normalized spacial score (nSPS) is 11.5. The highest BCUT2D eigenvalue weighted by atomic mass is 32.2. The first kappa shape index (κ1) is 13.4. The van der Waals surface area contributed by atoms with Crippen molar-refractivity contribution < 1.29 is 18.6 Å². The molecule has 19 heavy (non-hydrogen) atoms. The molecule has 0 aliphatic carbocycles. The van der Waals surface area contributed by atoms with E-state index in [1.807, 2.05) is 0 Å². The minimum Gasteiger partial charge on any atom is -0.508 e. The first-order valence-corrected chi connectivity index (χ1v) is 7.15. The average Bonchev–Trinajstić information content (AvgIpc) is 2.33. The summed E-state index contributed by atoms with van der Waals surface area (Å²) in [5, 5.41) is 19.1. The number of phenolic OH excluding ortho intramolecular Hbond substituents is 2. The van der Waals surface area contributed by atoms with Crippen LogP contribution in [0.4, 0.5) is 0 Å². The molecule has 0 amide bonds. The van der Waals surface area contributed by atoms with Crippen molar-refractivity contribution in [2.24, 2.45) is 0 Å². The molecule has 0 heterocycles. The third-order valence-electron chi connectivity index (χ3n) is 2.91. The van der Waals surface area contributed by atoms with Gasteiger partial charge in [-0.2, -0.15) is 0 Å². The molecule has 0 aromatic heterocycles. The number of aryl methyl sites for hydroxylation is 1. The third kappa shape index (κ3) is 2.42. The summed E-state index contributed by atoms with van der Waals surface area (Å²) in [6, 6.07) is 8.75. The molecule has 2 N–H and O–H groups in total. The average molecular weight is 278 g/mol. The lowest BCUT2D eigenvalue weighted by Gasteiger charge is -2.10. The van der Waals surface area contributed by atoms with Crippen molar-refractivity contribution in [3.63, 3.8) is 0 Å². The van der Waals surface area contributed by atoms with Crippen molar-refractivity contribution >= 4 is 9.84 Å². The van der Waals surface area contributed by atoms with E-state index in [0.29, 0.717) is 0 Å². The Morgan fingerprint density at radius 2 is 1.68 bits per heavy atom. The largest absolute Gasteiger partial charge is 0.508 e. The second-order valence-corrected chi connectivity index (χ2v) is 6.33. The van der Waals surface area contributed by atoms with E-state index in [0.717, 1.165) is 17.7 Å². The Kier molecular flexibility index (Phi) is 3.24. The van der Waals surface area contributed by atoms with E-state index in [9.17, 15) is 18.6 Å². The van der Waals surface area contributed by atoms with E-state index < -0.39 is 9.84 Å². The SMILES string of the molecule is Cc1cccc(S(=O)(=O)c2cc(O)cc(O)c2C)c1. The van der Waals surface area contributed by atoms with Gasteiger partial charge in [0.25, 0.3) is 0 Å². The number of aromatic hydroxyl groups is 2. The first-order valence-electron chi connectivity index (χ1n) is 5.66. The second-order valence-electron chi connectivity index (χ2n) is 4.41. The van der Waals surface area contributed by atoms with Crippen LogP contribution in [-0.4, -0.2) is 18.6 Å². The number of hydrogen-bond donors (Lipinski definition) is 2. The molecule has 0 aliphatic rings. The molecule has 0 atom stereocenters. The van der Waals surface area contributed by atoms with Gasteiger partial charge in [-0.05, 0) is 37.6 Å². The summed E-state index contributed by atoms with van der Waals surface area (Å²) in [4.78, 5) is 0.0520. The molecule has 0 bridgehead atoms. The Morgan fingerprint density at radius 3 is 2.32 bits per heavy atom. The molecule has 0 radical (unpaired) electrons. The van der Waals surface area contributed by atoms with Crippen molar-refractivity contribution in [3.8, 4) is 11.5 Å². The molecular weight excluding hydrogens is 264 g/mol. The van der Waals surface area contributed by atoms with E-state index in [1.54, 1.807) is 25.1 Å². The predicted molar refractivity (Wildman–Crippen MR) is 71.1 cm³/mol. The van der Waals surface area contributed by atoms with Gasteiger partial charge in [-0.3, -0.25) is 0 Å². The van der Waals surface area contributed by atoms with Gasteiger partial charge in [-0.15, -0.1) is 0 Å². The molecule has 0 aliphatic heterocycles. The zero-order chi connectivity index (χ0) is 14.2. The molecule has 5 heteroatoms. The van der Waals surface area contributed by atoms with Crippen LogP contribution in [-0.2, 0) is 9.84 Å². The quantitative estimate of drug-likeness (QED) is 0.885. The predicted octanol–water partition coefficient (Wildman–Crippen LogP) is 2.55. The van der Waals surface area contributed by atoms with Crippen LogP contribution in [0.5, 0.6) is 11.5 Å². The van der Waals surface area contributed by atoms with Crippen LogP contribution in [0.2, 0.25) is 0 Å². The lowest BCUT2D eigenvalue weighted by atomic mass is 10.2. The zero-order valence-electron chi connectivity index (χ0n) is 10.6. The Morgan fingerprint density at radius 1 is 1.00 bits per heavy atom. The molecule has 0 fully saturated rings. The van der Waals surface area contributed by atoms with Crippen LogP contribution in [0.25, 0.3) is 0 Å². The van der Waals surface area contributed by atoms with Gasteiger partial charge >= 0.3 is 0 Å². The maximum absolute atomic E-state index is 12.5. The standard InChI is InChI=1S/C14H14O4S/c1-9-4-3-5-12(6-9)19(17,18)14-8-11(15)7-13(16)10(14)2/h3-8,15-16H,1-2H3. The molecule has 100 valence electrons. The highest BCUT2D eigenvalue weighted by Crippen LogP contribution is 2.33. The highest BCUT2D eigenvalue weighted by Gasteiger charge is 2.22. The fraction of sp³-hybridized carbons (Fsp3) is 0.143. The maximum atomic E-state index is 12.5. The molecule has 0 saturated carbocycles. The second kappa shape index (κ2) is 4.59. The van der Waals surface area contributed by atoms with Crippen molar-refractivity contribution in [3.05, 3.63) is 47.5 Å². The van der Waals surface area contributed by atoms with E-state index in [-0.39, 0.29) is 26.9 Å². The van der Waals surface area contributed by atoms with Crippen LogP contribution < -0.4 is 0 Å². The van der Waals surface area contributed by atoms with Gasteiger partial charge in [0.05, 0.1) is 9.79 Å². The summed E-state index contributed by atoms with van der Waals surface area (Å²) in [5.41, 5.74) is 1.04. The van der Waals surface area contributed by atoms with Crippen molar-refractivity contribution in [1.82, 2.24) is 0 Å². The van der Waals surface area contributed by atoms with E-state index in [2.05, 4.69) is 0 Å². The van der Waals surface area contributed by atoms with E-state index in [1.165, 1.54) is 13.0 Å². The number of phenols is 2. The zero-order valence-corrected chi connectivity index (χ0v) is 11.4. The van der Waals surface area contributed by atoms with Crippen LogP contribution in [0.15, 0.2) is 46.2 Å². The Labute approximate surface area is 111 Å². The molecule has 0 spiro atoms. The van der Waals surface area contributed by atoms with Gasteiger partial charge in [-0.1, -0.05) is 12.1 Å². The number of sulfone groups is 1. The summed E-state index contributed by atoms with van der Waals surface area (Å²) in [7, 11) is -3.76. The number of benzene rings is 2. The molecule has 2 aromatic carbocycles. The smallest absolute Gasteiger partial charge is 0.207 e. The van der Waals surface area contributed by atoms with Crippen LogP contribution >= 0.6 is 0 Å². The minimum absolute atomic E-state index is 0.0874. The van der Waals surface area contributed by atoms with Gasteiger partial charge in [0.1, 0.15) is 11.5 Å². The van der Waals surface area contributed by atoms with Gasteiger partial charge in [-0.25, -0.2) is 8.42 Å². The number of rotatable bonds is 2. The third-order valence-corrected chi connectivity index (χ3v) is 4.78. The summed E-state index contributed by atoms with van der Waals surface area (Å²) >= 11 is 0. The van der Waals surface area contributed by atoms with E-state index in [4.69, 9.17) is 0 Å². The summed E-state index contributed by atoms with van der Waals surface area (Å²) in [6.07, 6.45) is 0. The Hall–Kier alpha value is -2.01. The summed E-state index contributed by atoms with van der Waals surface area (Å²) < 4.78 is 25.0. The molecule has 0 saturated heterocycles. The topological polar surface area (TPSA) is 74.6 Å². The van der Waals surface area contributed by atoms with Crippen LogP contribution in [0.1, 0.15) is 11.1 Å². The Balaban J connectivity index is 2.70. The van der Waals surface area contributed by atoms with Crippen LogP contribution in [0.3, 0.4) is 0 Å². The minimum atomic E-state index is -3.76. The molecular formula is C14H14O4S. The fourth-order valence-corrected chi connectivity index (χ4v) is 3.48. The maximum Gasteiger partial charge on any atom is 0.207 e. The van der Waals surface area contributed by atoms with Crippen LogP contribution in [0, 0.1) is 13.8 Å². The highest BCUT2D eigenvalue weighted by molar-refractivity contribution is 7.91. The summed E-state index contributed by atoms with van der Waals surface area (Å²) in [6.45, 7) is 3.29. The lowest BCUT2D eigenvalue weighted by Crippen LogP contribution is -2.04. The number of hydrogen-bond acceptors (Lipinski definition) is 4. The fourth-order valence-electron chi connectivity index (χ4n) is 1.85. The van der Waals surface area contributed by atoms with Gasteiger partial charge in [0.2, 0.25) is 9.84 Å². The summed E-state index contributed by atoms with van der Waals surface area (Å²) in [5.74, 6) is -0.527.